The van der Waals surface area contributed by atoms with Gasteiger partial charge in [-0.15, -0.1) is 0 Å². The van der Waals surface area contributed by atoms with E-state index in [1.54, 1.807) is 4.90 Å². The first-order valence-corrected chi connectivity index (χ1v) is 12.0. The molecule has 1 aliphatic carbocycles. The van der Waals surface area contributed by atoms with Crippen LogP contribution in [0.15, 0.2) is 53.5 Å². The fourth-order valence-electron chi connectivity index (χ4n) is 5.51. The molecule has 0 atom stereocenters. The van der Waals surface area contributed by atoms with Crippen LogP contribution < -0.4 is 10.2 Å². The lowest BCUT2D eigenvalue weighted by atomic mass is 9.83. The Balaban J connectivity index is 1.41. The molecule has 0 radical (unpaired) electrons. The van der Waals surface area contributed by atoms with Crippen molar-refractivity contribution in [1.29, 1.82) is 0 Å². The number of carbonyl (C=O) groups excluding carboxylic acids is 1. The van der Waals surface area contributed by atoms with Gasteiger partial charge in [-0.2, -0.15) is 4.99 Å². The zero-order chi connectivity index (χ0) is 22.8. The topological polar surface area (TPSA) is 47.9 Å². The van der Waals surface area contributed by atoms with E-state index in [-0.39, 0.29) is 0 Å². The number of urea groups is 1. The molecule has 7 heteroatoms. The molecule has 1 spiro atoms. The second kappa shape index (κ2) is 9.21. The number of benzene rings is 2. The summed E-state index contributed by atoms with van der Waals surface area (Å²) in [4.78, 5) is 21.6. The summed E-state index contributed by atoms with van der Waals surface area (Å²) < 4.78 is 27.7. The molecule has 174 valence electrons. The van der Waals surface area contributed by atoms with Crippen LogP contribution in [0.5, 0.6) is 0 Å². The maximum absolute atomic E-state index is 14.1. The van der Waals surface area contributed by atoms with Gasteiger partial charge < -0.3 is 5.32 Å². The van der Waals surface area contributed by atoms with Crippen LogP contribution in [0.4, 0.5) is 19.3 Å². The number of nitrogens with zero attached hydrogens (tertiary/aromatic N) is 3. The first-order chi connectivity index (χ1) is 16.0. The zero-order valence-electron chi connectivity index (χ0n) is 18.8. The number of nitrogens with one attached hydrogen (secondary N) is 1. The molecule has 0 bridgehead atoms. The fraction of sp³-hybridized carbons (Fsp3) is 0.462. The SMILES string of the molecule is O=C1N=C(NC2CCCCC2)C2(CCN(Cc3ccccc3)CC2)N1c1ccc(F)c(F)c1. The van der Waals surface area contributed by atoms with Crippen LogP contribution in [0.3, 0.4) is 0 Å². The van der Waals surface area contributed by atoms with E-state index in [9.17, 15) is 13.6 Å². The Hall–Kier alpha value is -2.80. The first kappa shape index (κ1) is 22.0. The summed E-state index contributed by atoms with van der Waals surface area (Å²) >= 11 is 0. The summed E-state index contributed by atoms with van der Waals surface area (Å²) in [6.07, 6.45) is 7.08. The molecule has 0 unspecified atom stereocenters. The number of anilines is 1. The maximum atomic E-state index is 14.1. The molecule has 1 saturated carbocycles. The highest BCUT2D eigenvalue weighted by Gasteiger charge is 2.52. The molecule has 2 aromatic rings. The van der Waals surface area contributed by atoms with Gasteiger partial charge in [-0.05, 0) is 43.4 Å². The Bertz CT molecular complexity index is 1030. The maximum Gasteiger partial charge on any atom is 0.350 e. The summed E-state index contributed by atoms with van der Waals surface area (Å²) in [6.45, 7) is 2.42. The number of carbonyl (C=O) groups is 1. The van der Waals surface area contributed by atoms with Crippen molar-refractivity contribution in [3.8, 4) is 0 Å². The number of aliphatic imine (C=N–C) groups is 1. The zero-order valence-corrected chi connectivity index (χ0v) is 18.8. The smallest absolute Gasteiger partial charge is 0.350 e. The number of hydrogen-bond donors (Lipinski definition) is 1. The lowest BCUT2D eigenvalue weighted by Gasteiger charge is -2.45. The second-order valence-corrected chi connectivity index (χ2v) is 9.45. The summed E-state index contributed by atoms with van der Waals surface area (Å²) in [5, 5.41) is 3.60. The molecule has 2 aliphatic heterocycles. The normalized spacial score (nSPS) is 21.5. The van der Waals surface area contributed by atoms with E-state index in [2.05, 4.69) is 27.3 Å². The van der Waals surface area contributed by atoms with Gasteiger partial charge in [0.1, 0.15) is 11.4 Å². The van der Waals surface area contributed by atoms with Crippen molar-refractivity contribution in [1.82, 2.24) is 10.2 Å². The lowest BCUT2D eigenvalue weighted by molar-refractivity contribution is 0.181. The van der Waals surface area contributed by atoms with Crippen LogP contribution >= 0.6 is 0 Å². The number of piperidine rings is 1. The van der Waals surface area contributed by atoms with E-state index in [1.807, 2.05) is 18.2 Å². The minimum atomic E-state index is -0.953. The van der Waals surface area contributed by atoms with Crippen LogP contribution in [0.2, 0.25) is 0 Å². The number of amides is 2. The summed E-state index contributed by atoms with van der Waals surface area (Å²) in [7, 11) is 0. The van der Waals surface area contributed by atoms with Gasteiger partial charge in [-0.1, -0.05) is 49.6 Å². The van der Waals surface area contributed by atoms with Crippen molar-refractivity contribution in [2.24, 2.45) is 4.99 Å². The molecule has 0 aromatic heterocycles. The van der Waals surface area contributed by atoms with E-state index < -0.39 is 23.2 Å². The van der Waals surface area contributed by atoms with Crippen LogP contribution in [0.1, 0.15) is 50.5 Å². The molecule has 3 aliphatic rings. The molecule has 1 saturated heterocycles. The highest BCUT2D eigenvalue weighted by atomic mass is 19.2. The third kappa shape index (κ3) is 4.38. The van der Waals surface area contributed by atoms with Gasteiger partial charge >= 0.3 is 6.03 Å². The number of likely N-dealkylation sites (tertiary alicyclic amines) is 1. The predicted molar refractivity (Wildman–Crippen MR) is 125 cm³/mol. The molecule has 1 N–H and O–H groups in total. The monoisotopic (exact) mass is 452 g/mol. The van der Waals surface area contributed by atoms with Gasteiger partial charge in [0, 0.05) is 37.4 Å². The molecule has 2 aromatic carbocycles. The Labute approximate surface area is 193 Å². The average molecular weight is 453 g/mol. The highest BCUT2D eigenvalue weighted by molar-refractivity contribution is 6.16. The molecular formula is C26H30F2N4O. The number of hydrogen-bond acceptors (Lipinski definition) is 3. The minimum absolute atomic E-state index is 0.300. The lowest BCUT2D eigenvalue weighted by Crippen LogP contribution is -2.62. The van der Waals surface area contributed by atoms with E-state index in [1.165, 1.54) is 30.9 Å². The Morgan fingerprint density at radius 1 is 0.970 bits per heavy atom. The molecule has 2 fully saturated rings. The minimum Gasteiger partial charge on any atom is -0.369 e. The van der Waals surface area contributed by atoms with Crippen molar-refractivity contribution < 1.29 is 13.6 Å². The standard InChI is InChI=1S/C26H30F2N4O/c27-22-12-11-21(17-23(22)28)32-25(33)30-24(29-20-9-5-2-6-10-20)26(32)13-15-31(16-14-26)18-19-7-3-1-4-8-19/h1,3-4,7-8,11-12,17,20H,2,5-6,9-10,13-16,18H2,(H,29,30,33). The van der Waals surface area contributed by atoms with Crippen molar-refractivity contribution in [3.05, 3.63) is 65.7 Å². The summed E-state index contributed by atoms with van der Waals surface area (Å²) in [5.41, 5.74) is 0.952. The van der Waals surface area contributed by atoms with Crippen LogP contribution in [-0.4, -0.2) is 41.4 Å². The van der Waals surface area contributed by atoms with E-state index >= 15 is 0 Å². The van der Waals surface area contributed by atoms with Gasteiger partial charge in [0.25, 0.3) is 0 Å². The number of halogens is 2. The molecule has 5 rings (SSSR count). The Morgan fingerprint density at radius 3 is 2.39 bits per heavy atom. The van der Waals surface area contributed by atoms with Gasteiger partial charge in [0.2, 0.25) is 0 Å². The van der Waals surface area contributed by atoms with E-state index in [0.29, 0.717) is 30.4 Å². The predicted octanol–water partition coefficient (Wildman–Crippen LogP) is 5.26. The highest BCUT2D eigenvalue weighted by Crippen LogP contribution is 2.39. The van der Waals surface area contributed by atoms with Crippen LogP contribution in [-0.2, 0) is 6.54 Å². The summed E-state index contributed by atoms with van der Waals surface area (Å²) in [6, 6.07) is 13.9. The molecule has 2 amide bonds. The first-order valence-electron chi connectivity index (χ1n) is 12.0. The second-order valence-electron chi connectivity index (χ2n) is 9.45. The van der Waals surface area contributed by atoms with Gasteiger partial charge in [-0.3, -0.25) is 9.80 Å². The quantitative estimate of drug-likeness (QED) is 0.688. The Morgan fingerprint density at radius 2 is 1.70 bits per heavy atom. The molecular weight excluding hydrogens is 422 g/mol. The third-order valence-electron chi connectivity index (χ3n) is 7.31. The summed E-state index contributed by atoms with van der Waals surface area (Å²) in [5.74, 6) is -1.17. The van der Waals surface area contributed by atoms with Gasteiger partial charge in [-0.25, -0.2) is 13.6 Å². The third-order valence-corrected chi connectivity index (χ3v) is 7.31. The average Bonchev–Trinajstić information content (AvgIpc) is 3.09. The molecule has 2 heterocycles. The molecule has 5 nitrogen and oxygen atoms in total. The van der Waals surface area contributed by atoms with Crippen LogP contribution in [0, 0.1) is 11.6 Å². The van der Waals surface area contributed by atoms with E-state index in [0.717, 1.165) is 44.6 Å². The number of amidine groups is 1. The fourth-order valence-corrected chi connectivity index (χ4v) is 5.51. The van der Waals surface area contributed by atoms with Gasteiger partial charge in [0.05, 0.1) is 0 Å². The van der Waals surface area contributed by atoms with Crippen molar-refractivity contribution >= 4 is 17.6 Å². The van der Waals surface area contributed by atoms with Gasteiger partial charge in [0.15, 0.2) is 11.6 Å². The van der Waals surface area contributed by atoms with E-state index in [4.69, 9.17) is 0 Å². The Kier molecular flexibility index (Phi) is 6.15. The van der Waals surface area contributed by atoms with Crippen LogP contribution in [0.25, 0.3) is 0 Å². The van der Waals surface area contributed by atoms with Crippen molar-refractivity contribution in [2.75, 3.05) is 18.0 Å². The van der Waals surface area contributed by atoms with Crippen molar-refractivity contribution in [2.45, 2.75) is 63.1 Å². The molecule has 33 heavy (non-hydrogen) atoms. The number of rotatable bonds is 4. The largest absolute Gasteiger partial charge is 0.369 e. The van der Waals surface area contributed by atoms with Crippen molar-refractivity contribution in [3.63, 3.8) is 0 Å².